The number of benzene rings is 1. The SMILES string of the molecule is CN1CCC(NC(=O)C2CCCN(S(=O)(=O)CCCc3ccccc3)C2)CC1. The minimum Gasteiger partial charge on any atom is -0.353 e. The van der Waals surface area contributed by atoms with E-state index in [1.165, 1.54) is 0 Å². The van der Waals surface area contributed by atoms with E-state index in [2.05, 4.69) is 17.3 Å². The van der Waals surface area contributed by atoms with Gasteiger partial charge in [0.1, 0.15) is 0 Å². The van der Waals surface area contributed by atoms with Crippen LogP contribution in [0, 0.1) is 5.92 Å². The molecule has 1 unspecified atom stereocenters. The molecule has 0 spiro atoms. The molecule has 0 aromatic heterocycles. The molecule has 156 valence electrons. The Morgan fingerprint density at radius 3 is 2.54 bits per heavy atom. The van der Waals surface area contributed by atoms with Crippen LogP contribution in [0.1, 0.15) is 37.7 Å². The highest BCUT2D eigenvalue weighted by Gasteiger charge is 2.33. The molecule has 1 N–H and O–H groups in total. The first-order valence-corrected chi connectivity index (χ1v) is 12.1. The fourth-order valence-electron chi connectivity index (χ4n) is 4.11. The number of carbonyl (C=O) groups is 1. The van der Waals surface area contributed by atoms with Gasteiger partial charge in [-0.3, -0.25) is 4.79 Å². The van der Waals surface area contributed by atoms with E-state index in [9.17, 15) is 13.2 Å². The Labute approximate surface area is 169 Å². The van der Waals surface area contributed by atoms with Gasteiger partial charge in [0.05, 0.1) is 11.7 Å². The third kappa shape index (κ3) is 6.03. The lowest BCUT2D eigenvalue weighted by atomic mass is 9.97. The fourth-order valence-corrected chi connectivity index (χ4v) is 5.70. The van der Waals surface area contributed by atoms with Crippen molar-refractivity contribution in [1.29, 1.82) is 0 Å². The van der Waals surface area contributed by atoms with E-state index in [0.29, 0.717) is 19.5 Å². The van der Waals surface area contributed by atoms with Crippen LogP contribution in [0.25, 0.3) is 0 Å². The molecule has 0 bridgehead atoms. The molecule has 1 aromatic carbocycles. The Balaban J connectivity index is 1.48. The number of piperidine rings is 2. The Bertz CT molecular complexity index is 731. The van der Waals surface area contributed by atoms with Gasteiger partial charge in [0, 0.05) is 19.1 Å². The number of carbonyl (C=O) groups excluding carboxylic acids is 1. The number of sulfonamides is 1. The van der Waals surface area contributed by atoms with Crippen molar-refractivity contribution in [2.75, 3.05) is 39.0 Å². The van der Waals surface area contributed by atoms with Crippen LogP contribution < -0.4 is 5.32 Å². The summed E-state index contributed by atoms with van der Waals surface area (Å²) in [5.41, 5.74) is 1.16. The van der Waals surface area contributed by atoms with Crippen molar-refractivity contribution in [2.45, 2.75) is 44.6 Å². The number of aryl methyl sites for hydroxylation is 1. The lowest BCUT2D eigenvalue weighted by Crippen LogP contribution is -2.50. The number of likely N-dealkylation sites (tertiary alicyclic amines) is 1. The van der Waals surface area contributed by atoms with Crippen molar-refractivity contribution >= 4 is 15.9 Å². The van der Waals surface area contributed by atoms with Crippen molar-refractivity contribution < 1.29 is 13.2 Å². The van der Waals surface area contributed by atoms with E-state index in [1.54, 1.807) is 4.31 Å². The highest BCUT2D eigenvalue weighted by Crippen LogP contribution is 2.21. The predicted octanol–water partition coefficient (Wildman–Crippen LogP) is 1.87. The lowest BCUT2D eigenvalue weighted by molar-refractivity contribution is -0.127. The van der Waals surface area contributed by atoms with Gasteiger partial charge in [-0.2, -0.15) is 0 Å². The maximum absolute atomic E-state index is 12.8. The molecule has 0 aliphatic carbocycles. The molecule has 1 amide bonds. The lowest BCUT2D eigenvalue weighted by Gasteiger charge is -2.34. The maximum Gasteiger partial charge on any atom is 0.224 e. The molecule has 2 saturated heterocycles. The zero-order valence-electron chi connectivity index (χ0n) is 16.8. The number of nitrogens with zero attached hydrogens (tertiary/aromatic N) is 2. The molecule has 6 nitrogen and oxygen atoms in total. The molecule has 1 aromatic rings. The van der Waals surface area contributed by atoms with Crippen LogP contribution >= 0.6 is 0 Å². The topological polar surface area (TPSA) is 69.7 Å². The van der Waals surface area contributed by atoms with Crippen molar-refractivity contribution in [3.8, 4) is 0 Å². The normalized spacial score (nSPS) is 22.8. The number of rotatable bonds is 7. The van der Waals surface area contributed by atoms with Gasteiger partial charge < -0.3 is 10.2 Å². The van der Waals surface area contributed by atoms with Gasteiger partial charge in [-0.05, 0) is 64.2 Å². The average Bonchev–Trinajstić information content (AvgIpc) is 2.70. The zero-order chi connectivity index (χ0) is 20.0. The van der Waals surface area contributed by atoms with Crippen molar-refractivity contribution in [1.82, 2.24) is 14.5 Å². The third-order valence-corrected chi connectivity index (χ3v) is 7.85. The summed E-state index contributed by atoms with van der Waals surface area (Å²) in [6, 6.07) is 10.2. The van der Waals surface area contributed by atoms with Gasteiger partial charge in [0.25, 0.3) is 0 Å². The van der Waals surface area contributed by atoms with Crippen LogP contribution in [0.3, 0.4) is 0 Å². The van der Waals surface area contributed by atoms with Gasteiger partial charge in [0.15, 0.2) is 0 Å². The quantitative estimate of drug-likeness (QED) is 0.749. The van der Waals surface area contributed by atoms with Crippen LogP contribution in [-0.4, -0.2) is 68.6 Å². The molecule has 7 heteroatoms. The second kappa shape index (κ2) is 9.85. The second-order valence-electron chi connectivity index (χ2n) is 8.19. The number of hydrogen-bond donors (Lipinski definition) is 1. The Morgan fingerprint density at radius 2 is 1.82 bits per heavy atom. The molecular weight excluding hydrogens is 374 g/mol. The Kier molecular flexibility index (Phi) is 7.48. The first kappa shape index (κ1) is 21.3. The minimum atomic E-state index is -3.31. The number of hydrogen-bond acceptors (Lipinski definition) is 4. The van der Waals surface area contributed by atoms with E-state index in [0.717, 1.165) is 50.8 Å². The summed E-state index contributed by atoms with van der Waals surface area (Å²) in [6.45, 7) is 2.85. The van der Waals surface area contributed by atoms with Gasteiger partial charge in [0.2, 0.25) is 15.9 Å². The predicted molar refractivity (Wildman–Crippen MR) is 112 cm³/mol. The summed E-state index contributed by atoms with van der Waals surface area (Å²) >= 11 is 0. The molecule has 2 aliphatic heterocycles. The highest BCUT2D eigenvalue weighted by atomic mass is 32.2. The summed E-state index contributed by atoms with van der Waals surface area (Å²) in [5, 5.41) is 3.16. The molecule has 3 rings (SSSR count). The van der Waals surface area contributed by atoms with E-state index in [4.69, 9.17) is 0 Å². The van der Waals surface area contributed by atoms with Gasteiger partial charge >= 0.3 is 0 Å². The first-order valence-electron chi connectivity index (χ1n) is 10.4. The molecule has 0 radical (unpaired) electrons. The first-order chi connectivity index (χ1) is 13.4. The van der Waals surface area contributed by atoms with E-state index in [-0.39, 0.29) is 23.6 Å². The highest BCUT2D eigenvalue weighted by molar-refractivity contribution is 7.89. The smallest absolute Gasteiger partial charge is 0.224 e. The average molecular weight is 408 g/mol. The third-order valence-electron chi connectivity index (χ3n) is 5.92. The van der Waals surface area contributed by atoms with Crippen LogP contribution in [-0.2, 0) is 21.2 Å². The summed E-state index contributed by atoms with van der Waals surface area (Å²) in [6.07, 6.45) is 4.83. The van der Waals surface area contributed by atoms with Gasteiger partial charge in [-0.15, -0.1) is 0 Å². The summed E-state index contributed by atoms with van der Waals surface area (Å²) in [5.74, 6) is -0.0541. The standard InChI is InChI=1S/C21H33N3O3S/c1-23-14-11-20(12-15-23)22-21(25)19-10-5-13-24(17-19)28(26,27)16-6-9-18-7-3-2-4-8-18/h2-4,7-8,19-20H,5-6,9-17H2,1H3,(H,22,25). The van der Waals surface area contributed by atoms with Gasteiger partial charge in [-0.25, -0.2) is 12.7 Å². The summed E-state index contributed by atoms with van der Waals surface area (Å²) < 4.78 is 27.1. The molecular formula is C21H33N3O3S. The Hall–Kier alpha value is -1.44. The van der Waals surface area contributed by atoms with Crippen LogP contribution in [0.15, 0.2) is 30.3 Å². The van der Waals surface area contributed by atoms with Crippen LogP contribution in [0.2, 0.25) is 0 Å². The van der Waals surface area contributed by atoms with Crippen molar-refractivity contribution in [3.05, 3.63) is 35.9 Å². The maximum atomic E-state index is 12.8. The minimum absolute atomic E-state index is 0.0266. The van der Waals surface area contributed by atoms with Crippen molar-refractivity contribution in [3.63, 3.8) is 0 Å². The summed E-state index contributed by atoms with van der Waals surface area (Å²) in [4.78, 5) is 14.9. The van der Waals surface area contributed by atoms with Gasteiger partial charge in [-0.1, -0.05) is 30.3 Å². The van der Waals surface area contributed by atoms with Crippen LogP contribution in [0.4, 0.5) is 0 Å². The largest absolute Gasteiger partial charge is 0.353 e. The van der Waals surface area contributed by atoms with Crippen molar-refractivity contribution in [2.24, 2.45) is 5.92 Å². The zero-order valence-corrected chi connectivity index (χ0v) is 17.7. The van der Waals surface area contributed by atoms with E-state index in [1.807, 2.05) is 30.3 Å². The summed E-state index contributed by atoms with van der Waals surface area (Å²) in [7, 11) is -1.22. The number of amides is 1. The van der Waals surface area contributed by atoms with Crippen LogP contribution in [0.5, 0.6) is 0 Å². The molecule has 2 aliphatic rings. The van der Waals surface area contributed by atoms with E-state index < -0.39 is 10.0 Å². The Morgan fingerprint density at radius 1 is 1.11 bits per heavy atom. The fraction of sp³-hybridized carbons (Fsp3) is 0.667. The molecule has 28 heavy (non-hydrogen) atoms. The molecule has 1 atom stereocenters. The molecule has 0 saturated carbocycles. The van der Waals surface area contributed by atoms with E-state index >= 15 is 0 Å². The monoisotopic (exact) mass is 407 g/mol. The second-order valence-corrected chi connectivity index (χ2v) is 10.3. The molecule has 2 fully saturated rings. The molecule has 2 heterocycles. The number of nitrogens with one attached hydrogen (secondary N) is 1.